The number of ether oxygens (including phenoxy) is 3. The van der Waals surface area contributed by atoms with Crippen LogP contribution in [0.2, 0.25) is 0 Å². The van der Waals surface area contributed by atoms with Crippen LogP contribution in [0.3, 0.4) is 0 Å². The topological polar surface area (TPSA) is 68.2 Å². The minimum Gasteiger partial charge on any atom is -0.508 e. The summed E-state index contributed by atoms with van der Waals surface area (Å²) >= 11 is 0. The van der Waals surface area contributed by atoms with Crippen LogP contribution in [0.4, 0.5) is 0 Å². The van der Waals surface area contributed by atoms with Gasteiger partial charge in [0, 0.05) is 12.1 Å². The number of phenolic OH excluding ortho intramolecular Hbond substituents is 2. The van der Waals surface area contributed by atoms with E-state index in [4.69, 9.17) is 14.2 Å². The van der Waals surface area contributed by atoms with Crippen LogP contribution in [0.15, 0.2) is 36.4 Å². The summed E-state index contributed by atoms with van der Waals surface area (Å²) in [5.74, 6) is 2.19. The summed E-state index contributed by atoms with van der Waals surface area (Å²) in [4.78, 5) is 0. The standard InChI is InChI=1S/C22H30O5/c1-3-5-7-13-25-21-15-17(23)9-11-19(21)27-20-12-10-18(24)16-22(20)26-14-8-6-4-2/h9-12,15-16,23-24H,3-8,13-14H2,1-2H3. The molecular weight excluding hydrogens is 344 g/mol. The Hall–Kier alpha value is -2.56. The van der Waals surface area contributed by atoms with Crippen LogP contribution in [-0.2, 0) is 0 Å². The molecule has 0 bridgehead atoms. The van der Waals surface area contributed by atoms with E-state index in [1.165, 1.54) is 0 Å². The first-order chi connectivity index (χ1) is 13.1. The highest BCUT2D eigenvalue weighted by molar-refractivity contribution is 5.51. The van der Waals surface area contributed by atoms with Gasteiger partial charge in [0.1, 0.15) is 11.5 Å². The molecule has 0 fully saturated rings. The van der Waals surface area contributed by atoms with Crippen molar-refractivity contribution in [2.45, 2.75) is 52.4 Å². The summed E-state index contributed by atoms with van der Waals surface area (Å²) in [5.41, 5.74) is 0. The number of aromatic hydroxyl groups is 2. The Bertz CT molecular complexity index is 640. The molecule has 0 aliphatic heterocycles. The van der Waals surface area contributed by atoms with Gasteiger partial charge in [-0.2, -0.15) is 0 Å². The van der Waals surface area contributed by atoms with E-state index < -0.39 is 0 Å². The average Bonchev–Trinajstić information content (AvgIpc) is 2.66. The normalized spacial score (nSPS) is 10.6. The van der Waals surface area contributed by atoms with Gasteiger partial charge in [-0.1, -0.05) is 39.5 Å². The first kappa shape index (κ1) is 20.7. The number of benzene rings is 2. The highest BCUT2D eigenvalue weighted by Gasteiger charge is 2.13. The van der Waals surface area contributed by atoms with Gasteiger partial charge in [0.05, 0.1) is 13.2 Å². The Kier molecular flexibility index (Phi) is 8.62. The smallest absolute Gasteiger partial charge is 0.169 e. The SMILES string of the molecule is CCCCCOc1cc(O)ccc1Oc1ccc(O)cc1OCCCCC. The fraction of sp³-hybridized carbons (Fsp3) is 0.455. The molecule has 5 nitrogen and oxygen atoms in total. The zero-order valence-corrected chi connectivity index (χ0v) is 16.2. The second-order valence-electron chi connectivity index (χ2n) is 6.48. The second kappa shape index (κ2) is 11.2. The van der Waals surface area contributed by atoms with Crippen molar-refractivity contribution in [1.82, 2.24) is 0 Å². The lowest BCUT2D eigenvalue weighted by Crippen LogP contribution is -2.01. The van der Waals surface area contributed by atoms with Crippen molar-refractivity contribution in [2.75, 3.05) is 13.2 Å². The van der Waals surface area contributed by atoms with E-state index in [-0.39, 0.29) is 11.5 Å². The fourth-order valence-electron chi connectivity index (χ4n) is 2.57. The van der Waals surface area contributed by atoms with Gasteiger partial charge in [0.2, 0.25) is 0 Å². The monoisotopic (exact) mass is 374 g/mol. The number of rotatable bonds is 12. The van der Waals surface area contributed by atoms with Gasteiger partial charge >= 0.3 is 0 Å². The van der Waals surface area contributed by atoms with Gasteiger partial charge < -0.3 is 24.4 Å². The Morgan fingerprint density at radius 2 is 1.07 bits per heavy atom. The number of phenols is 2. The van der Waals surface area contributed by atoms with E-state index >= 15 is 0 Å². The molecular formula is C22H30O5. The molecule has 0 amide bonds. The van der Waals surface area contributed by atoms with Crippen LogP contribution in [0, 0.1) is 0 Å². The molecule has 27 heavy (non-hydrogen) atoms. The molecule has 0 saturated heterocycles. The fourth-order valence-corrected chi connectivity index (χ4v) is 2.57. The minimum atomic E-state index is 0.120. The lowest BCUT2D eigenvalue weighted by molar-refractivity contribution is 0.278. The number of hydrogen-bond donors (Lipinski definition) is 2. The molecule has 148 valence electrons. The van der Waals surface area contributed by atoms with Crippen LogP contribution in [0.25, 0.3) is 0 Å². The Morgan fingerprint density at radius 3 is 1.48 bits per heavy atom. The summed E-state index contributed by atoms with van der Waals surface area (Å²) in [7, 11) is 0. The Balaban J connectivity index is 2.13. The summed E-state index contributed by atoms with van der Waals surface area (Å²) in [6.07, 6.45) is 6.27. The van der Waals surface area contributed by atoms with E-state index in [2.05, 4.69) is 13.8 Å². The van der Waals surface area contributed by atoms with Gasteiger partial charge in [0.25, 0.3) is 0 Å². The summed E-state index contributed by atoms with van der Waals surface area (Å²) in [5, 5.41) is 19.5. The Morgan fingerprint density at radius 1 is 0.630 bits per heavy atom. The molecule has 2 aromatic carbocycles. The van der Waals surface area contributed by atoms with Crippen molar-refractivity contribution in [3.05, 3.63) is 36.4 Å². The summed E-state index contributed by atoms with van der Waals surface area (Å²) in [6, 6.07) is 9.52. The third-order valence-electron chi connectivity index (χ3n) is 4.09. The van der Waals surface area contributed by atoms with Crippen molar-refractivity contribution in [1.29, 1.82) is 0 Å². The highest BCUT2D eigenvalue weighted by Crippen LogP contribution is 2.39. The molecule has 0 aliphatic rings. The zero-order chi connectivity index (χ0) is 19.5. The molecule has 0 saturated carbocycles. The average molecular weight is 374 g/mol. The van der Waals surface area contributed by atoms with Gasteiger partial charge in [-0.25, -0.2) is 0 Å². The first-order valence-corrected chi connectivity index (χ1v) is 9.73. The summed E-state index contributed by atoms with van der Waals surface area (Å²) in [6.45, 7) is 5.39. The maximum absolute atomic E-state index is 9.77. The first-order valence-electron chi connectivity index (χ1n) is 9.73. The second-order valence-corrected chi connectivity index (χ2v) is 6.48. The van der Waals surface area contributed by atoms with E-state index in [1.807, 2.05) is 0 Å². The third-order valence-corrected chi connectivity index (χ3v) is 4.09. The zero-order valence-electron chi connectivity index (χ0n) is 16.2. The largest absolute Gasteiger partial charge is 0.508 e. The van der Waals surface area contributed by atoms with Gasteiger partial charge in [-0.05, 0) is 37.1 Å². The molecule has 0 unspecified atom stereocenters. The lowest BCUT2D eigenvalue weighted by atomic mass is 10.2. The maximum atomic E-state index is 9.77. The molecule has 2 N–H and O–H groups in total. The maximum Gasteiger partial charge on any atom is 0.169 e. The van der Waals surface area contributed by atoms with Crippen molar-refractivity contribution in [3.63, 3.8) is 0 Å². The van der Waals surface area contributed by atoms with E-state index in [0.29, 0.717) is 36.2 Å². The molecule has 0 heterocycles. The van der Waals surface area contributed by atoms with Gasteiger partial charge in [-0.15, -0.1) is 0 Å². The summed E-state index contributed by atoms with van der Waals surface area (Å²) < 4.78 is 17.6. The molecule has 2 rings (SSSR count). The van der Waals surface area contributed by atoms with Crippen molar-refractivity contribution in [3.8, 4) is 34.5 Å². The molecule has 5 heteroatoms. The minimum absolute atomic E-state index is 0.120. The van der Waals surface area contributed by atoms with Crippen LogP contribution in [0.1, 0.15) is 52.4 Å². The predicted octanol–water partition coefficient (Wildman–Crippen LogP) is 6.03. The number of unbranched alkanes of at least 4 members (excludes halogenated alkanes) is 4. The van der Waals surface area contributed by atoms with Gasteiger partial charge in [-0.3, -0.25) is 0 Å². The van der Waals surface area contributed by atoms with Crippen molar-refractivity contribution in [2.24, 2.45) is 0 Å². The molecule has 2 aromatic rings. The predicted molar refractivity (Wildman–Crippen MR) is 106 cm³/mol. The quantitative estimate of drug-likeness (QED) is 0.444. The lowest BCUT2D eigenvalue weighted by Gasteiger charge is -2.16. The van der Waals surface area contributed by atoms with Crippen LogP contribution in [0.5, 0.6) is 34.5 Å². The van der Waals surface area contributed by atoms with Crippen LogP contribution >= 0.6 is 0 Å². The van der Waals surface area contributed by atoms with Crippen molar-refractivity contribution < 1.29 is 24.4 Å². The molecule has 0 atom stereocenters. The molecule has 0 spiro atoms. The molecule has 0 radical (unpaired) electrons. The van der Waals surface area contributed by atoms with E-state index in [9.17, 15) is 10.2 Å². The third kappa shape index (κ3) is 6.93. The molecule has 0 aliphatic carbocycles. The van der Waals surface area contributed by atoms with E-state index in [0.717, 1.165) is 38.5 Å². The van der Waals surface area contributed by atoms with E-state index in [1.54, 1.807) is 36.4 Å². The van der Waals surface area contributed by atoms with Gasteiger partial charge in [0.15, 0.2) is 23.0 Å². The Labute approximate surface area is 161 Å². The van der Waals surface area contributed by atoms with Crippen molar-refractivity contribution >= 4 is 0 Å². The number of hydrogen-bond acceptors (Lipinski definition) is 5. The van der Waals surface area contributed by atoms with Crippen LogP contribution in [-0.4, -0.2) is 23.4 Å². The van der Waals surface area contributed by atoms with Crippen LogP contribution < -0.4 is 14.2 Å². The highest BCUT2D eigenvalue weighted by atomic mass is 16.5. The molecule has 0 aromatic heterocycles.